The van der Waals surface area contributed by atoms with Crippen molar-refractivity contribution >= 4 is 23.8 Å². The first-order chi connectivity index (χ1) is 7.27. The van der Waals surface area contributed by atoms with Crippen molar-refractivity contribution in [3.63, 3.8) is 0 Å². The predicted molar refractivity (Wildman–Crippen MR) is 65.8 cm³/mol. The first kappa shape index (κ1) is 10.1. The Kier molecular flexibility index (Phi) is 2.93. The van der Waals surface area contributed by atoms with Crippen LogP contribution in [0.25, 0.3) is 12.2 Å². The van der Waals surface area contributed by atoms with Gasteiger partial charge in [0.05, 0.1) is 0 Å². The highest BCUT2D eigenvalue weighted by atomic mass is 35.5. The Labute approximate surface area is 94.6 Å². The fraction of sp³-hybridized carbons (Fsp3) is 0.0769. The molecular weight excluding hydrogens is 206 g/mol. The van der Waals surface area contributed by atoms with Gasteiger partial charge in [-0.3, -0.25) is 0 Å². The van der Waals surface area contributed by atoms with E-state index in [0.29, 0.717) is 0 Å². The van der Waals surface area contributed by atoms with E-state index >= 15 is 0 Å². The zero-order valence-corrected chi connectivity index (χ0v) is 9.28. The van der Waals surface area contributed by atoms with Gasteiger partial charge in [-0.1, -0.05) is 35.9 Å². The SMILES string of the molecule is Cn1cccc1/C=C/c1ccccc1Cl. The van der Waals surface area contributed by atoms with Crippen LogP contribution in [0.3, 0.4) is 0 Å². The second-order valence-corrected chi connectivity index (χ2v) is 3.81. The van der Waals surface area contributed by atoms with Crippen molar-refractivity contribution in [2.24, 2.45) is 7.05 Å². The lowest BCUT2D eigenvalue weighted by Crippen LogP contribution is -1.86. The Morgan fingerprint density at radius 1 is 1.07 bits per heavy atom. The van der Waals surface area contributed by atoms with Crippen LogP contribution in [-0.4, -0.2) is 4.57 Å². The fourth-order valence-electron chi connectivity index (χ4n) is 1.43. The average Bonchev–Trinajstić information content (AvgIpc) is 2.63. The lowest BCUT2D eigenvalue weighted by atomic mass is 10.2. The van der Waals surface area contributed by atoms with Crippen molar-refractivity contribution in [2.45, 2.75) is 0 Å². The summed E-state index contributed by atoms with van der Waals surface area (Å²) in [5.41, 5.74) is 2.20. The van der Waals surface area contributed by atoms with Gasteiger partial charge < -0.3 is 4.57 Å². The quantitative estimate of drug-likeness (QED) is 0.720. The number of hydrogen-bond donors (Lipinski definition) is 0. The fourth-order valence-corrected chi connectivity index (χ4v) is 1.63. The summed E-state index contributed by atoms with van der Waals surface area (Å²) in [6.45, 7) is 0. The third-order valence-corrected chi connectivity index (χ3v) is 2.67. The van der Waals surface area contributed by atoms with E-state index < -0.39 is 0 Å². The van der Waals surface area contributed by atoms with Gasteiger partial charge in [-0.2, -0.15) is 0 Å². The van der Waals surface area contributed by atoms with E-state index in [-0.39, 0.29) is 0 Å². The highest BCUT2D eigenvalue weighted by Crippen LogP contribution is 2.17. The second-order valence-electron chi connectivity index (χ2n) is 3.40. The maximum atomic E-state index is 6.05. The predicted octanol–water partition coefficient (Wildman–Crippen LogP) is 3.85. The molecule has 0 aliphatic rings. The van der Waals surface area contributed by atoms with Gasteiger partial charge in [0.1, 0.15) is 0 Å². The van der Waals surface area contributed by atoms with Gasteiger partial charge in [-0.25, -0.2) is 0 Å². The van der Waals surface area contributed by atoms with E-state index in [1.54, 1.807) is 0 Å². The molecule has 15 heavy (non-hydrogen) atoms. The zero-order chi connectivity index (χ0) is 10.7. The lowest BCUT2D eigenvalue weighted by Gasteiger charge is -1.98. The van der Waals surface area contributed by atoms with E-state index in [0.717, 1.165) is 16.3 Å². The van der Waals surface area contributed by atoms with Crippen molar-refractivity contribution in [3.8, 4) is 0 Å². The third kappa shape index (κ3) is 2.31. The summed E-state index contributed by atoms with van der Waals surface area (Å²) in [7, 11) is 2.02. The summed E-state index contributed by atoms with van der Waals surface area (Å²) in [6.07, 6.45) is 6.10. The smallest absolute Gasteiger partial charge is 0.0478 e. The molecule has 0 aliphatic heterocycles. The Morgan fingerprint density at radius 3 is 2.53 bits per heavy atom. The number of halogens is 1. The molecule has 0 N–H and O–H groups in total. The van der Waals surface area contributed by atoms with Gasteiger partial charge in [-0.15, -0.1) is 0 Å². The molecule has 0 unspecified atom stereocenters. The van der Waals surface area contributed by atoms with Crippen molar-refractivity contribution in [1.29, 1.82) is 0 Å². The highest BCUT2D eigenvalue weighted by molar-refractivity contribution is 6.32. The molecule has 0 aliphatic carbocycles. The molecule has 0 atom stereocenters. The molecular formula is C13H12ClN. The van der Waals surface area contributed by atoms with Crippen LogP contribution in [0.15, 0.2) is 42.6 Å². The maximum Gasteiger partial charge on any atom is 0.0478 e. The van der Waals surface area contributed by atoms with Crippen LogP contribution in [0, 0.1) is 0 Å². The van der Waals surface area contributed by atoms with Crippen molar-refractivity contribution < 1.29 is 0 Å². The number of aryl methyl sites for hydroxylation is 1. The average molecular weight is 218 g/mol. The lowest BCUT2D eigenvalue weighted by molar-refractivity contribution is 0.915. The van der Waals surface area contributed by atoms with E-state index in [4.69, 9.17) is 11.6 Å². The molecule has 2 heteroatoms. The van der Waals surface area contributed by atoms with Gasteiger partial charge in [0.25, 0.3) is 0 Å². The molecule has 0 saturated carbocycles. The largest absolute Gasteiger partial charge is 0.351 e. The van der Waals surface area contributed by atoms with Crippen LogP contribution in [0.1, 0.15) is 11.3 Å². The zero-order valence-electron chi connectivity index (χ0n) is 8.52. The van der Waals surface area contributed by atoms with Crippen LogP contribution >= 0.6 is 11.6 Å². The van der Waals surface area contributed by atoms with E-state index in [1.807, 2.05) is 49.7 Å². The van der Waals surface area contributed by atoms with Crippen molar-refractivity contribution in [1.82, 2.24) is 4.57 Å². The van der Waals surface area contributed by atoms with E-state index in [1.165, 1.54) is 0 Å². The summed E-state index contributed by atoms with van der Waals surface area (Å²) in [5, 5.41) is 0.781. The molecule has 2 rings (SSSR count). The highest BCUT2D eigenvalue weighted by Gasteiger charge is 1.94. The molecule has 0 radical (unpaired) electrons. The molecule has 1 aromatic carbocycles. The number of benzene rings is 1. The molecule has 0 spiro atoms. The summed E-state index contributed by atoms with van der Waals surface area (Å²) in [4.78, 5) is 0. The van der Waals surface area contributed by atoms with Crippen LogP contribution in [0.5, 0.6) is 0 Å². The van der Waals surface area contributed by atoms with Crippen LogP contribution in [0.4, 0.5) is 0 Å². The van der Waals surface area contributed by atoms with Gasteiger partial charge in [0.2, 0.25) is 0 Å². The third-order valence-electron chi connectivity index (χ3n) is 2.32. The molecule has 1 nitrogen and oxygen atoms in total. The Hall–Kier alpha value is -1.47. The first-order valence-corrected chi connectivity index (χ1v) is 5.19. The summed E-state index contributed by atoms with van der Waals surface area (Å²) >= 11 is 6.05. The van der Waals surface area contributed by atoms with Crippen LogP contribution in [0.2, 0.25) is 5.02 Å². The maximum absolute atomic E-state index is 6.05. The minimum atomic E-state index is 0.781. The van der Waals surface area contributed by atoms with Crippen molar-refractivity contribution in [3.05, 3.63) is 58.9 Å². The molecule has 1 heterocycles. The van der Waals surface area contributed by atoms with Gasteiger partial charge in [0.15, 0.2) is 0 Å². The number of nitrogens with zero attached hydrogens (tertiary/aromatic N) is 1. The van der Waals surface area contributed by atoms with Crippen LogP contribution < -0.4 is 0 Å². The minimum Gasteiger partial charge on any atom is -0.351 e. The molecule has 2 aromatic rings. The van der Waals surface area contributed by atoms with Crippen molar-refractivity contribution in [2.75, 3.05) is 0 Å². The van der Waals surface area contributed by atoms with E-state index in [2.05, 4.69) is 16.7 Å². The van der Waals surface area contributed by atoms with Gasteiger partial charge >= 0.3 is 0 Å². The Balaban J connectivity index is 2.26. The number of rotatable bonds is 2. The summed E-state index contributed by atoms with van der Waals surface area (Å²) in [6, 6.07) is 11.9. The molecule has 1 aromatic heterocycles. The second kappa shape index (κ2) is 4.37. The Morgan fingerprint density at radius 2 is 1.87 bits per heavy atom. The minimum absolute atomic E-state index is 0.781. The van der Waals surface area contributed by atoms with Crippen LogP contribution in [-0.2, 0) is 7.05 Å². The standard InChI is InChI=1S/C13H12ClN/c1-15-10-4-6-12(15)9-8-11-5-2-3-7-13(11)14/h2-10H,1H3/b9-8+. The number of aromatic nitrogens is 1. The topological polar surface area (TPSA) is 4.93 Å². The summed E-state index contributed by atoms with van der Waals surface area (Å²) < 4.78 is 2.06. The van der Waals surface area contributed by atoms with E-state index in [9.17, 15) is 0 Å². The normalized spacial score (nSPS) is 11.1. The molecule has 0 saturated heterocycles. The molecule has 0 fully saturated rings. The first-order valence-electron chi connectivity index (χ1n) is 4.81. The summed E-state index contributed by atoms with van der Waals surface area (Å²) in [5.74, 6) is 0. The van der Waals surface area contributed by atoms with Gasteiger partial charge in [0, 0.05) is 24.0 Å². The van der Waals surface area contributed by atoms with Gasteiger partial charge in [-0.05, 0) is 29.8 Å². The Bertz CT molecular complexity index is 483. The monoisotopic (exact) mass is 217 g/mol. The molecule has 76 valence electrons. The molecule has 0 bridgehead atoms. The molecule has 0 amide bonds. The number of hydrogen-bond acceptors (Lipinski definition) is 0.